The van der Waals surface area contributed by atoms with Crippen LogP contribution >= 0.6 is 0 Å². The molecule has 1 aliphatic rings. The van der Waals surface area contributed by atoms with E-state index in [-0.39, 0.29) is 22.8 Å². The Morgan fingerprint density at radius 2 is 2.14 bits per heavy atom. The van der Waals surface area contributed by atoms with Crippen molar-refractivity contribution in [2.24, 2.45) is 0 Å². The van der Waals surface area contributed by atoms with Gasteiger partial charge in [-0.15, -0.1) is 0 Å². The van der Waals surface area contributed by atoms with Crippen LogP contribution in [0.2, 0.25) is 0 Å². The van der Waals surface area contributed by atoms with Crippen molar-refractivity contribution in [1.29, 1.82) is 0 Å². The number of ether oxygens (including phenoxy) is 2. The molecule has 0 amide bonds. The molecule has 21 heavy (non-hydrogen) atoms. The zero-order valence-corrected chi connectivity index (χ0v) is 12.5. The Balaban J connectivity index is 1.95. The Morgan fingerprint density at radius 3 is 2.81 bits per heavy atom. The van der Waals surface area contributed by atoms with E-state index in [4.69, 9.17) is 9.47 Å². The van der Waals surface area contributed by atoms with Crippen molar-refractivity contribution < 1.29 is 14.4 Å². The lowest BCUT2D eigenvalue weighted by molar-refractivity contribution is -0.384. The summed E-state index contributed by atoms with van der Waals surface area (Å²) < 4.78 is 11.3. The summed E-state index contributed by atoms with van der Waals surface area (Å²) in [5, 5.41) is 13.7. The van der Waals surface area contributed by atoms with Crippen LogP contribution in [0.15, 0.2) is 18.2 Å². The molecule has 0 aromatic heterocycles. The summed E-state index contributed by atoms with van der Waals surface area (Å²) in [5.74, 6) is 0. The van der Waals surface area contributed by atoms with Crippen LogP contribution in [0.4, 0.5) is 11.4 Å². The molecular formula is C15H22N2O4. The van der Waals surface area contributed by atoms with Crippen LogP contribution < -0.4 is 5.32 Å². The highest BCUT2D eigenvalue weighted by molar-refractivity contribution is 5.62. The summed E-state index contributed by atoms with van der Waals surface area (Å²) in [4.78, 5) is 10.5. The minimum Gasteiger partial charge on any atom is -0.383 e. The van der Waals surface area contributed by atoms with E-state index in [0.29, 0.717) is 12.3 Å². The van der Waals surface area contributed by atoms with Crippen molar-refractivity contribution in [3.05, 3.63) is 33.9 Å². The Bertz CT molecular complexity index is 493. The van der Waals surface area contributed by atoms with Crippen molar-refractivity contribution in [2.45, 2.75) is 44.5 Å². The van der Waals surface area contributed by atoms with E-state index in [9.17, 15) is 10.1 Å². The minimum atomic E-state index is -0.388. The predicted octanol–water partition coefficient (Wildman–Crippen LogP) is 3.11. The number of methoxy groups -OCH3 is 1. The Morgan fingerprint density at radius 1 is 1.38 bits per heavy atom. The van der Waals surface area contributed by atoms with Gasteiger partial charge in [0.1, 0.15) is 5.69 Å². The Kier molecular flexibility index (Phi) is 5.52. The highest BCUT2D eigenvalue weighted by Crippen LogP contribution is 2.27. The van der Waals surface area contributed by atoms with Crippen molar-refractivity contribution in [2.75, 3.05) is 19.5 Å². The van der Waals surface area contributed by atoms with Gasteiger partial charge in [0, 0.05) is 20.2 Å². The van der Waals surface area contributed by atoms with Crippen LogP contribution in [0.5, 0.6) is 0 Å². The van der Waals surface area contributed by atoms with Gasteiger partial charge in [0.15, 0.2) is 0 Å². The first kappa shape index (κ1) is 15.7. The van der Waals surface area contributed by atoms with Gasteiger partial charge in [0.2, 0.25) is 0 Å². The summed E-state index contributed by atoms with van der Waals surface area (Å²) in [6.45, 7) is 0.466. The quantitative estimate of drug-likeness (QED) is 0.644. The molecule has 1 fully saturated rings. The van der Waals surface area contributed by atoms with E-state index in [2.05, 4.69) is 5.32 Å². The summed E-state index contributed by atoms with van der Waals surface area (Å²) in [6, 6.07) is 5.04. The van der Waals surface area contributed by atoms with Crippen LogP contribution in [0.25, 0.3) is 0 Å². The van der Waals surface area contributed by atoms with E-state index < -0.39 is 0 Å². The fourth-order valence-electron chi connectivity index (χ4n) is 2.71. The smallest absolute Gasteiger partial charge is 0.292 e. The zero-order valence-electron chi connectivity index (χ0n) is 12.5. The predicted molar refractivity (Wildman–Crippen MR) is 80.5 cm³/mol. The van der Waals surface area contributed by atoms with Crippen molar-refractivity contribution in [3.8, 4) is 0 Å². The molecule has 1 N–H and O–H groups in total. The summed E-state index contributed by atoms with van der Waals surface area (Å²) in [7, 11) is 3.42. The van der Waals surface area contributed by atoms with Gasteiger partial charge in [0.25, 0.3) is 5.69 Å². The average molecular weight is 294 g/mol. The summed E-state index contributed by atoms with van der Waals surface area (Å²) in [6.07, 6.45) is 4.67. The summed E-state index contributed by atoms with van der Waals surface area (Å²) in [5.41, 5.74) is 1.53. The van der Waals surface area contributed by atoms with Crippen molar-refractivity contribution in [1.82, 2.24) is 0 Å². The maximum Gasteiger partial charge on any atom is 0.292 e. The molecule has 0 heterocycles. The molecule has 0 radical (unpaired) electrons. The fraction of sp³-hybridized carbons (Fsp3) is 0.600. The minimum absolute atomic E-state index is 0.0818. The molecule has 0 bridgehead atoms. The Hall–Kier alpha value is -1.66. The third-order valence-electron chi connectivity index (χ3n) is 3.92. The molecule has 6 nitrogen and oxygen atoms in total. The van der Waals surface area contributed by atoms with Gasteiger partial charge in [-0.05, 0) is 43.4 Å². The van der Waals surface area contributed by atoms with Crippen LogP contribution in [0, 0.1) is 10.1 Å². The molecule has 1 saturated carbocycles. The lowest BCUT2D eigenvalue weighted by Crippen LogP contribution is -2.27. The van der Waals surface area contributed by atoms with Crippen LogP contribution in [-0.2, 0) is 16.1 Å². The van der Waals surface area contributed by atoms with Crippen LogP contribution in [0.3, 0.4) is 0 Å². The molecule has 1 aromatic rings. The van der Waals surface area contributed by atoms with E-state index in [0.717, 1.165) is 31.2 Å². The maximum absolute atomic E-state index is 10.9. The van der Waals surface area contributed by atoms with Gasteiger partial charge in [-0.1, -0.05) is 0 Å². The maximum atomic E-state index is 10.9. The Labute approximate surface area is 124 Å². The van der Waals surface area contributed by atoms with E-state index in [1.54, 1.807) is 26.3 Å². The van der Waals surface area contributed by atoms with Crippen LogP contribution in [-0.4, -0.2) is 31.3 Å². The summed E-state index contributed by atoms with van der Waals surface area (Å²) >= 11 is 0. The molecule has 6 heteroatoms. The highest BCUT2D eigenvalue weighted by Gasteiger charge is 2.22. The number of nitro benzene ring substituents is 1. The number of hydrogen-bond acceptors (Lipinski definition) is 5. The molecule has 1 aliphatic carbocycles. The third kappa shape index (κ3) is 4.15. The fourth-order valence-corrected chi connectivity index (χ4v) is 2.71. The van der Waals surface area contributed by atoms with E-state index >= 15 is 0 Å². The van der Waals surface area contributed by atoms with Crippen molar-refractivity contribution >= 4 is 11.4 Å². The second-order valence-electron chi connectivity index (χ2n) is 5.32. The van der Waals surface area contributed by atoms with Crippen LogP contribution in [0.1, 0.15) is 31.2 Å². The molecule has 0 spiro atoms. The number of nitrogens with zero attached hydrogens (tertiary/aromatic N) is 1. The van der Waals surface area contributed by atoms with Gasteiger partial charge in [-0.2, -0.15) is 0 Å². The molecule has 1 aromatic carbocycles. The molecule has 0 saturated heterocycles. The first-order valence-electron chi connectivity index (χ1n) is 7.23. The normalized spacial score (nSPS) is 22.0. The first-order valence-corrected chi connectivity index (χ1v) is 7.23. The topological polar surface area (TPSA) is 73.6 Å². The second kappa shape index (κ2) is 7.38. The van der Waals surface area contributed by atoms with Gasteiger partial charge in [-0.25, -0.2) is 0 Å². The molecule has 2 unspecified atom stereocenters. The molecular weight excluding hydrogens is 272 g/mol. The number of benzene rings is 1. The largest absolute Gasteiger partial charge is 0.383 e. The van der Waals surface area contributed by atoms with Gasteiger partial charge >= 0.3 is 0 Å². The third-order valence-corrected chi connectivity index (χ3v) is 3.92. The highest BCUT2D eigenvalue weighted by atomic mass is 16.6. The zero-order chi connectivity index (χ0) is 15.2. The number of rotatable bonds is 6. The monoisotopic (exact) mass is 294 g/mol. The average Bonchev–Trinajstić information content (AvgIpc) is 2.52. The van der Waals surface area contributed by atoms with Gasteiger partial charge in [0.05, 0.1) is 23.7 Å². The SMILES string of the molecule is CNc1cc(COC2CCCC(OC)C2)ccc1[N+](=O)[O-]. The number of nitro groups is 1. The van der Waals surface area contributed by atoms with Crippen molar-refractivity contribution in [3.63, 3.8) is 0 Å². The molecule has 0 aliphatic heterocycles. The molecule has 2 rings (SSSR count). The molecule has 116 valence electrons. The first-order chi connectivity index (χ1) is 10.1. The lowest BCUT2D eigenvalue weighted by Gasteiger charge is -2.28. The van der Waals surface area contributed by atoms with E-state index in [1.165, 1.54) is 6.07 Å². The standard InChI is InChI=1S/C15H22N2O4/c1-16-14-8-11(6-7-15(14)17(18)19)10-21-13-5-3-4-12(9-13)20-2/h6-8,12-13,16H,3-5,9-10H2,1-2H3. The van der Waals surface area contributed by atoms with Gasteiger partial charge in [-0.3, -0.25) is 10.1 Å². The second-order valence-corrected chi connectivity index (χ2v) is 5.32. The van der Waals surface area contributed by atoms with Gasteiger partial charge < -0.3 is 14.8 Å². The van der Waals surface area contributed by atoms with E-state index in [1.807, 2.05) is 0 Å². The number of nitrogens with one attached hydrogen (secondary N) is 1. The molecule has 2 atom stereocenters. The number of hydrogen-bond donors (Lipinski definition) is 1. The number of anilines is 1. The lowest BCUT2D eigenvalue weighted by atomic mass is 9.95.